The summed E-state index contributed by atoms with van der Waals surface area (Å²) in [4.78, 5) is 17.5. The Hall–Kier alpha value is -1.81. The number of hydrogen-bond acceptors (Lipinski definition) is 2. The molecule has 1 saturated heterocycles. The van der Waals surface area contributed by atoms with E-state index in [4.69, 9.17) is 5.73 Å². The second kappa shape index (κ2) is 4.14. The van der Waals surface area contributed by atoms with Gasteiger partial charge in [0.2, 0.25) is 0 Å². The first-order chi connectivity index (χ1) is 8.66. The van der Waals surface area contributed by atoms with Crippen molar-refractivity contribution < 1.29 is 4.79 Å². The number of likely N-dealkylation sites (tertiary alicyclic amines) is 1. The molecule has 18 heavy (non-hydrogen) atoms. The standard InChI is InChI=1S/C14H17N3O/c1-9-7-17(8-12(9)15)14(18)11-6-16-13-5-3-2-4-10(11)13/h2-6,9,12,16H,7-8,15H2,1H3. The third kappa shape index (κ3) is 1.69. The fourth-order valence-corrected chi connectivity index (χ4v) is 2.58. The lowest BCUT2D eigenvalue weighted by Crippen LogP contribution is -2.32. The molecule has 0 spiro atoms. The van der Waals surface area contributed by atoms with E-state index in [1.165, 1.54) is 0 Å². The Kier molecular flexibility index (Phi) is 2.59. The highest BCUT2D eigenvalue weighted by atomic mass is 16.2. The lowest BCUT2D eigenvalue weighted by atomic mass is 10.1. The van der Waals surface area contributed by atoms with Crippen LogP contribution in [0.25, 0.3) is 10.9 Å². The molecule has 0 aliphatic carbocycles. The van der Waals surface area contributed by atoms with Gasteiger partial charge in [-0.3, -0.25) is 4.79 Å². The quantitative estimate of drug-likeness (QED) is 0.799. The number of aromatic amines is 1. The van der Waals surface area contributed by atoms with Crippen molar-refractivity contribution in [3.05, 3.63) is 36.0 Å². The minimum absolute atomic E-state index is 0.0762. The van der Waals surface area contributed by atoms with Crippen molar-refractivity contribution in [2.75, 3.05) is 13.1 Å². The Morgan fingerprint density at radius 2 is 2.17 bits per heavy atom. The lowest BCUT2D eigenvalue weighted by Gasteiger charge is -2.15. The Morgan fingerprint density at radius 1 is 1.39 bits per heavy atom. The molecule has 1 aromatic carbocycles. The largest absolute Gasteiger partial charge is 0.360 e. The Morgan fingerprint density at radius 3 is 2.89 bits per heavy atom. The number of benzene rings is 1. The molecule has 2 aromatic rings. The molecule has 4 heteroatoms. The van der Waals surface area contributed by atoms with E-state index in [1.807, 2.05) is 29.2 Å². The van der Waals surface area contributed by atoms with Crippen LogP contribution in [-0.2, 0) is 0 Å². The average Bonchev–Trinajstić information content (AvgIpc) is 2.93. The van der Waals surface area contributed by atoms with Crippen molar-refractivity contribution >= 4 is 16.8 Å². The van der Waals surface area contributed by atoms with E-state index in [2.05, 4.69) is 11.9 Å². The molecule has 0 radical (unpaired) electrons. The zero-order valence-electron chi connectivity index (χ0n) is 10.4. The molecule has 94 valence electrons. The van der Waals surface area contributed by atoms with Crippen molar-refractivity contribution in [2.45, 2.75) is 13.0 Å². The van der Waals surface area contributed by atoms with Gasteiger partial charge in [0.1, 0.15) is 0 Å². The van der Waals surface area contributed by atoms with Gasteiger partial charge in [-0.25, -0.2) is 0 Å². The third-order valence-corrected chi connectivity index (χ3v) is 3.78. The second-order valence-electron chi connectivity index (χ2n) is 5.10. The third-order valence-electron chi connectivity index (χ3n) is 3.78. The number of aromatic nitrogens is 1. The molecule has 3 N–H and O–H groups in total. The number of carbonyl (C=O) groups excluding carboxylic acids is 1. The highest BCUT2D eigenvalue weighted by Crippen LogP contribution is 2.22. The number of rotatable bonds is 1. The summed E-state index contributed by atoms with van der Waals surface area (Å²) >= 11 is 0. The summed E-state index contributed by atoms with van der Waals surface area (Å²) < 4.78 is 0. The van der Waals surface area contributed by atoms with Gasteiger partial charge in [0, 0.05) is 36.2 Å². The number of fused-ring (bicyclic) bond motifs is 1. The van der Waals surface area contributed by atoms with Crippen LogP contribution >= 0.6 is 0 Å². The highest BCUT2D eigenvalue weighted by Gasteiger charge is 2.31. The minimum Gasteiger partial charge on any atom is -0.360 e. The number of H-pyrrole nitrogens is 1. The van der Waals surface area contributed by atoms with Crippen LogP contribution in [0.15, 0.2) is 30.5 Å². The molecule has 1 aliphatic heterocycles. The smallest absolute Gasteiger partial charge is 0.256 e. The van der Waals surface area contributed by atoms with E-state index >= 15 is 0 Å². The number of nitrogens with one attached hydrogen (secondary N) is 1. The molecule has 0 saturated carbocycles. The number of nitrogens with two attached hydrogens (primary N) is 1. The van der Waals surface area contributed by atoms with Crippen LogP contribution in [0.2, 0.25) is 0 Å². The number of hydrogen-bond donors (Lipinski definition) is 2. The van der Waals surface area contributed by atoms with Crippen LogP contribution in [-0.4, -0.2) is 34.9 Å². The fourth-order valence-electron chi connectivity index (χ4n) is 2.58. The van der Waals surface area contributed by atoms with Crippen LogP contribution in [0.3, 0.4) is 0 Å². The highest BCUT2D eigenvalue weighted by molar-refractivity contribution is 6.06. The van der Waals surface area contributed by atoms with E-state index in [9.17, 15) is 4.79 Å². The molecule has 4 nitrogen and oxygen atoms in total. The zero-order chi connectivity index (χ0) is 12.7. The van der Waals surface area contributed by atoms with E-state index in [0.29, 0.717) is 12.5 Å². The Labute approximate surface area is 106 Å². The van der Waals surface area contributed by atoms with Crippen LogP contribution in [0, 0.1) is 5.92 Å². The first-order valence-corrected chi connectivity index (χ1v) is 6.28. The number of amides is 1. The van der Waals surface area contributed by atoms with Crippen molar-refractivity contribution in [1.29, 1.82) is 0 Å². The molecular formula is C14H17N3O. The first-order valence-electron chi connectivity index (χ1n) is 6.28. The second-order valence-corrected chi connectivity index (χ2v) is 5.10. The SMILES string of the molecule is CC1CN(C(=O)c2c[nH]c3ccccc23)CC1N. The molecule has 1 fully saturated rings. The molecule has 3 rings (SSSR count). The molecule has 2 heterocycles. The van der Waals surface area contributed by atoms with Gasteiger partial charge in [0.25, 0.3) is 5.91 Å². The molecule has 1 aliphatic rings. The predicted molar refractivity (Wildman–Crippen MR) is 71.3 cm³/mol. The predicted octanol–water partition coefficient (Wildman–Crippen LogP) is 1.59. The van der Waals surface area contributed by atoms with Crippen molar-refractivity contribution in [3.63, 3.8) is 0 Å². The van der Waals surface area contributed by atoms with Gasteiger partial charge in [-0.1, -0.05) is 25.1 Å². The van der Waals surface area contributed by atoms with Gasteiger partial charge in [-0.05, 0) is 12.0 Å². The fraction of sp³-hybridized carbons (Fsp3) is 0.357. The lowest BCUT2D eigenvalue weighted by molar-refractivity contribution is 0.0789. The summed E-state index contributed by atoms with van der Waals surface area (Å²) in [6, 6.07) is 7.95. The van der Waals surface area contributed by atoms with Crippen LogP contribution in [0.1, 0.15) is 17.3 Å². The van der Waals surface area contributed by atoms with E-state index in [-0.39, 0.29) is 11.9 Å². The van der Waals surface area contributed by atoms with Crippen molar-refractivity contribution in [1.82, 2.24) is 9.88 Å². The summed E-state index contributed by atoms with van der Waals surface area (Å²) in [6.45, 7) is 3.49. The van der Waals surface area contributed by atoms with Gasteiger partial charge >= 0.3 is 0 Å². The van der Waals surface area contributed by atoms with Gasteiger partial charge in [0.15, 0.2) is 0 Å². The van der Waals surface area contributed by atoms with Crippen LogP contribution in [0.4, 0.5) is 0 Å². The van der Waals surface area contributed by atoms with Crippen molar-refractivity contribution in [2.24, 2.45) is 11.7 Å². The number of carbonyl (C=O) groups is 1. The zero-order valence-corrected chi connectivity index (χ0v) is 10.4. The molecule has 2 unspecified atom stereocenters. The average molecular weight is 243 g/mol. The van der Waals surface area contributed by atoms with Crippen LogP contribution < -0.4 is 5.73 Å². The Balaban J connectivity index is 1.93. The maximum Gasteiger partial charge on any atom is 0.256 e. The minimum atomic E-state index is 0.0762. The number of nitrogens with zero attached hydrogens (tertiary/aromatic N) is 1. The summed E-state index contributed by atoms with van der Waals surface area (Å²) in [5, 5.41) is 0.982. The van der Waals surface area contributed by atoms with Crippen molar-refractivity contribution in [3.8, 4) is 0 Å². The maximum absolute atomic E-state index is 12.5. The first kappa shape index (κ1) is 11.3. The van der Waals surface area contributed by atoms with E-state index in [1.54, 1.807) is 6.20 Å². The van der Waals surface area contributed by atoms with E-state index < -0.39 is 0 Å². The van der Waals surface area contributed by atoms with Gasteiger partial charge in [0.05, 0.1) is 5.56 Å². The van der Waals surface area contributed by atoms with Gasteiger partial charge in [-0.2, -0.15) is 0 Å². The van der Waals surface area contributed by atoms with Crippen LogP contribution in [0.5, 0.6) is 0 Å². The summed E-state index contributed by atoms with van der Waals surface area (Å²) in [6.07, 6.45) is 1.79. The molecular weight excluding hydrogens is 226 g/mol. The molecule has 1 aromatic heterocycles. The topological polar surface area (TPSA) is 62.1 Å². The summed E-state index contributed by atoms with van der Waals surface area (Å²) in [5.41, 5.74) is 7.71. The van der Waals surface area contributed by atoms with Gasteiger partial charge < -0.3 is 15.6 Å². The maximum atomic E-state index is 12.5. The monoisotopic (exact) mass is 243 g/mol. The molecule has 2 atom stereocenters. The Bertz CT molecular complexity index is 579. The normalized spacial score (nSPS) is 23.8. The number of para-hydroxylation sites is 1. The summed E-state index contributed by atoms with van der Waals surface area (Å²) in [5.74, 6) is 0.450. The van der Waals surface area contributed by atoms with E-state index in [0.717, 1.165) is 23.0 Å². The van der Waals surface area contributed by atoms with Gasteiger partial charge in [-0.15, -0.1) is 0 Å². The molecule has 0 bridgehead atoms. The summed E-state index contributed by atoms with van der Waals surface area (Å²) in [7, 11) is 0. The molecule has 1 amide bonds.